The standard InChI is InChI=1S/C71H106O6/c1-4-7-10-13-16-19-22-25-27-29-31-32-33-34-35-36-37-38-40-41-43-46-49-52-55-58-61-64-70(73)76-67-68(66-75-69(72)63-60-57-54-51-48-45-24-21-18-15-12-9-6-3)77-71(74)65-62-59-56-53-50-47-44-42-39-30-28-26-23-20-17-14-11-8-5-2/h7-12,16-21,25-28,31-32,34-35,37-39,41-43,45,47-48,50,54,57,68H,4-6,13-15,22-24,29-30,33,36,40,44,46,49,51-53,55-56,58-67H2,1-3H3/b10-7-,11-8-,12-9-,19-16-,20-17-,21-18-,27-25-,28-26-,32-31-,35-34-,38-37-,42-39-,43-41-,48-45-,50-47-,57-54-. The van der Waals surface area contributed by atoms with Crippen molar-refractivity contribution in [2.75, 3.05) is 13.2 Å². The minimum absolute atomic E-state index is 0.135. The second-order valence-electron chi connectivity index (χ2n) is 18.8. The van der Waals surface area contributed by atoms with Gasteiger partial charge in [-0.15, -0.1) is 0 Å². The zero-order valence-corrected chi connectivity index (χ0v) is 48.6. The molecule has 0 aliphatic rings. The number of hydrogen-bond donors (Lipinski definition) is 0. The first-order chi connectivity index (χ1) is 38.0. The van der Waals surface area contributed by atoms with E-state index in [-0.39, 0.29) is 44.0 Å². The van der Waals surface area contributed by atoms with E-state index in [0.29, 0.717) is 19.3 Å². The first-order valence-corrected chi connectivity index (χ1v) is 29.9. The maximum Gasteiger partial charge on any atom is 0.306 e. The van der Waals surface area contributed by atoms with Gasteiger partial charge in [-0.25, -0.2) is 0 Å². The summed E-state index contributed by atoms with van der Waals surface area (Å²) >= 11 is 0. The molecule has 6 nitrogen and oxygen atoms in total. The fraction of sp³-hybridized carbons (Fsp3) is 0.507. The molecule has 0 rings (SSSR count). The van der Waals surface area contributed by atoms with Gasteiger partial charge in [0.1, 0.15) is 13.2 Å². The molecule has 1 atom stereocenters. The topological polar surface area (TPSA) is 78.9 Å². The van der Waals surface area contributed by atoms with Gasteiger partial charge in [0.25, 0.3) is 0 Å². The van der Waals surface area contributed by atoms with Gasteiger partial charge in [0.2, 0.25) is 0 Å². The molecule has 0 aromatic carbocycles. The normalized spacial score (nSPS) is 13.5. The van der Waals surface area contributed by atoms with Crippen molar-refractivity contribution in [3.63, 3.8) is 0 Å². The van der Waals surface area contributed by atoms with Crippen molar-refractivity contribution in [2.45, 2.75) is 219 Å². The van der Waals surface area contributed by atoms with Crippen LogP contribution >= 0.6 is 0 Å². The van der Waals surface area contributed by atoms with Crippen molar-refractivity contribution in [2.24, 2.45) is 0 Å². The molecule has 0 aromatic heterocycles. The maximum atomic E-state index is 12.9. The Balaban J connectivity index is 4.53. The molecule has 0 saturated heterocycles. The Morgan fingerprint density at radius 1 is 0.260 bits per heavy atom. The van der Waals surface area contributed by atoms with Crippen molar-refractivity contribution < 1.29 is 28.6 Å². The lowest BCUT2D eigenvalue weighted by Crippen LogP contribution is -2.30. The van der Waals surface area contributed by atoms with Crippen LogP contribution in [0.4, 0.5) is 0 Å². The van der Waals surface area contributed by atoms with Gasteiger partial charge < -0.3 is 14.2 Å². The van der Waals surface area contributed by atoms with E-state index in [2.05, 4.69) is 203 Å². The number of ether oxygens (including phenoxy) is 3. The second kappa shape index (κ2) is 62.8. The number of carbonyl (C=O) groups excluding carboxylic acids is 3. The Kier molecular flexibility index (Phi) is 58.1. The van der Waals surface area contributed by atoms with Gasteiger partial charge in [-0.1, -0.05) is 241 Å². The summed E-state index contributed by atoms with van der Waals surface area (Å²) in [5.41, 5.74) is 0. The van der Waals surface area contributed by atoms with Crippen LogP contribution in [0.3, 0.4) is 0 Å². The van der Waals surface area contributed by atoms with E-state index < -0.39 is 6.10 Å². The largest absolute Gasteiger partial charge is 0.462 e. The van der Waals surface area contributed by atoms with E-state index in [0.717, 1.165) is 161 Å². The fourth-order valence-corrected chi connectivity index (χ4v) is 7.23. The minimum Gasteiger partial charge on any atom is -0.462 e. The lowest BCUT2D eigenvalue weighted by molar-refractivity contribution is -0.166. The number of allylic oxidation sites excluding steroid dienone is 32. The lowest BCUT2D eigenvalue weighted by Gasteiger charge is -2.18. The Morgan fingerprint density at radius 2 is 0.494 bits per heavy atom. The second-order valence-corrected chi connectivity index (χ2v) is 18.8. The van der Waals surface area contributed by atoms with Crippen molar-refractivity contribution in [1.29, 1.82) is 0 Å². The van der Waals surface area contributed by atoms with Crippen LogP contribution in [-0.4, -0.2) is 37.2 Å². The van der Waals surface area contributed by atoms with Crippen molar-refractivity contribution >= 4 is 17.9 Å². The quantitative estimate of drug-likeness (QED) is 0.0261. The molecule has 0 radical (unpaired) electrons. The average molecular weight is 1060 g/mol. The lowest BCUT2D eigenvalue weighted by atomic mass is 10.1. The van der Waals surface area contributed by atoms with E-state index in [1.54, 1.807) is 0 Å². The Hall–Kier alpha value is -5.75. The Morgan fingerprint density at radius 3 is 0.818 bits per heavy atom. The van der Waals surface area contributed by atoms with Crippen LogP contribution in [0.15, 0.2) is 194 Å². The van der Waals surface area contributed by atoms with Crippen molar-refractivity contribution in [3.8, 4) is 0 Å². The molecule has 0 N–H and O–H groups in total. The molecule has 0 aromatic rings. The summed E-state index contributed by atoms with van der Waals surface area (Å²) in [6, 6.07) is 0. The molecule has 0 aliphatic heterocycles. The number of esters is 3. The van der Waals surface area contributed by atoms with E-state index in [4.69, 9.17) is 14.2 Å². The highest BCUT2D eigenvalue weighted by atomic mass is 16.6. The van der Waals surface area contributed by atoms with Gasteiger partial charge in [-0.2, -0.15) is 0 Å². The monoisotopic (exact) mass is 1050 g/mol. The molecular weight excluding hydrogens is 949 g/mol. The third-order valence-corrected chi connectivity index (χ3v) is 11.6. The number of hydrogen-bond acceptors (Lipinski definition) is 6. The van der Waals surface area contributed by atoms with Gasteiger partial charge in [-0.05, 0) is 148 Å². The van der Waals surface area contributed by atoms with Gasteiger partial charge in [-0.3, -0.25) is 14.4 Å². The summed E-state index contributed by atoms with van der Waals surface area (Å²) < 4.78 is 16.8. The van der Waals surface area contributed by atoms with Crippen LogP contribution < -0.4 is 0 Å². The van der Waals surface area contributed by atoms with Crippen LogP contribution in [0, 0.1) is 0 Å². The number of rotatable bonds is 51. The molecule has 77 heavy (non-hydrogen) atoms. The Labute approximate surface area is 471 Å². The van der Waals surface area contributed by atoms with Crippen LogP contribution in [0.5, 0.6) is 0 Å². The van der Waals surface area contributed by atoms with Crippen LogP contribution in [0.2, 0.25) is 0 Å². The highest BCUT2D eigenvalue weighted by molar-refractivity contribution is 5.71. The van der Waals surface area contributed by atoms with Crippen molar-refractivity contribution in [1.82, 2.24) is 0 Å². The van der Waals surface area contributed by atoms with Gasteiger partial charge in [0.05, 0.1) is 0 Å². The highest BCUT2D eigenvalue weighted by Crippen LogP contribution is 2.12. The average Bonchev–Trinajstić information content (AvgIpc) is 3.43. The first-order valence-electron chi connectivity index (χ1n) is 29.9. The van der Waals surface area contributed by atoms with E-state index in [9.17, 15) is 14.4 Å². The Bertz CT molecular complexity index is 1880. The van der Waals surface area contributed by atoms with Crippen LogP contribution in [0.1, 0.15) is 213 Å². The minimum atomic E-state index is -0.846. The van der Waals surface area contributed by atoms with E-state index in [1.165, 1.54) is 0 Å². The number of unbranched alkanes of at least 4 members (excludes halogenated alkanes) is 8. The van der Waals surface area contributed by atoms with Gasteiger partial charge in [0.15, 0.2) is 6.10 Å². The van der Waals surface area contributed by atoms with Crippen LogP contribution in [0.25, 0.3) is 0 Å². The first kappa shape index (κ1) is 71.2. The van der Waals surface area contributed by atoms with Crippen LogP contribution in [-0.2, 0) is 28.6 Å². The molecule has 0 spiro atoms. The zero-order chi connectivity index (χ0) is 55.7. The van der Waals surface area contributed by atoms with E-state index >= 15 is 0 Å². The summed E-state index contributed by atoms with van der Waals surface area (Å²) in [6.07, 6.45) is 95.8. The van der Waals surface area contributed by atoms with E-state index in [1.807, 2.05) is 12.2 Å². The predicted octanol–water partition coefficient (Wildman–Crippen LogP) is 20.6. The molecule has 6 heteroatoms. The SMILES string of the molecule is CC/C=C\C/C=C\C/C=C\C/C=C\C/C=C\C/C=C\C/C=C\CCCCCCCC(=O)OCC(COC(=O)CC/C=C\C/C=C\C/C=C\C/C=C\CC)OC(=O)CCCCC/C=C\C/C=C\C/C=C\C/C=C\C/C=C\CC. The molecule has 0 saturated carbocycles. The third kappa shape index (κ3) is 61.0. The molecule has 426 valence electrons. The summed E-state index contributed by atoms with van der Waals surface area (Å²) in [6.45, 7) is 6.16. The third-order valence-electron chi connectivity index (χ3n) is 11.6. The van der Waals surface area contributed by atoms with Gasteiger partial charge >= 0.3 is 17.9 Å². The van der Waals surface area contributed by atoms with Gasteiger partial charge in [0, 0.05) is 19.3 Å². The summed E-state index contributed by atoms with van der Waals surface area (Å²) in [4.78, 5) is 38.2. The summed E-state index contributed by atoms with van der Waals surface area (Å²) in [7, 11) is 0. The zero-order valence-electron chi connectivity index (χ0n) is 48.6. The molecule has 0 heterocycles. The molecule has 0 amide bonds. The molecule has 1 unspecified atom stereocenters. The molecule has 0 fully saturated rings. The molecule has 0 aliphatic carbocycles. The molecular formula is C71H106O6. The fourth-order valence-electron chi connectivity index (χ4n) is 7.23. The highest BCUT2D eigenvalue weighted by Gasteiger charge is 2.19. The number of carbonyl (C=O) groups is 3. The summed E-state index contributed by atoms with van der Waals surface area (Å²) in [5, 5.41) is 0. The maximum absolute atomic E-state index is 12.9. The van der Waals surface area contributed by atoms with Crippen molar-refractivity contribution in [3.05, 3.63) is 194 Å². The molecule has 0 bridgehead atoms. The smallest absolute Gasteiger partial charge is 0.306 e. The summed E-state index contributed by atoms with van der Waals surface area (Å²) in [5.74, 6) is -1.08. The predicted molar refractivity (Wildman–Crippen MR) is 334 cm³/mol.